The van der Waals surface area contributed by atoms with Crippen LogP contribution in [0.15, 0.2) is 41.9 Å². The normalized spacial score (nSPS) is 27.0. The van der Waals surface area contributed by atoms with Gasteiger partial charge in [0.25, 0.3) is 0 Å². The lowest BCUT2D eigenvalue weighted by atomic mass is 9.86. The molecule has 0 bridgehead atoms. The van der Waals surface area contributed by atoms with Gasteiger partial charge in [-0.05, 0) is 37.8 Å². The van der Waals surface area contributed by atoms with Crippen molar-refractivity contribution in [2.24, 2.45) is 5.92 Å². The number of thiazole rings is 1. The van der Waals surface area contributed by atoms with Gasteiger partial charge in [0.05, 0.1) is 12.2 Å². The minimum Gasteiger partial charge on any atom is -0.373 e. The molecule has 2 aromatic rings. The van der Waals surface area contributed by atoms with Crippen LogP contribution in [0, 0.1) is 5.92 Å². The van der Waals surface area contributed by atoms with Crippen molar-refractivity contribution in [2.75, 3.05) is 38.1 Å². The summed E-state index contributed by atoms with van der Waals surface area (Å²) in [5, 5.41) is 6.50. The zero-order chi connectivity index (χ0) is 17.0. The molecular weight excluding hydrogens is 330 g/mol. The van der Waals surface area contributed by atoms with Crippen LogP contribution >= 0.6 is 11.3 Å². The largest absolute Gasteiger partial charge is 0.373 e. The maximum absolute atomic E-state index is 6.35. The summed E-state index contributed by atoms with van der Waals surface area (Å²) in [4.78, 5) is 6.91. The Bertz CT molecular complexity index is 648. The van der Waals surface area contributed by atoms with E-state index in [0.717, 1.165) is 37.8 Å². The zero-order valence-electron chi connectivity index (χ0n) is 14.7. The molecule has 0 aliphatic carbocycles. The lowest BCUT2D eigenvalue weighted by Gasteiger charge is -2.40. The quantitative estimate of drug-likeness (QED) is 0.856. The summed E-state index contributed by atoms with van der Waals surface area (Å²) >= 11 is 1.67. The third kappa shape index (κ3) is 4.40. The van der Waals surface area contributed by atoms with Crippen molar-refractivity contribution in [3.63, 3.8) is 0 Å². The number of hydrogen-bond acceptors (Lipinski definition) is 5. The highest BCUT2D eigenvalue weighted by molar-refractivity contribution is 7.13. The highest BCUT2D eigenvalue weighted by Crippen LogP contribution is 2.37. The van der Waals surface area contributed by atoms with E-state index in [4.69, 9.17) is 4.74 Å². The van der Waals surface area contributed by atoms with Crippen LogP contribution in [-0.2, 0) is 11.2 Å². The van der Waals surface area contributed by atoms with Gasteiger partial charge in [0.1, 0.15) is 0 Å². The number of anilines is 1. The average Bonchev–Trinajstić information content (AvgIpc) is 3.30. The summed E-state index contributed by atoms with van der Waals surface area (Å²) in [6.07, 6.45) is 6.62. The van der Waals surface area contributed by atoms with Crippen molar-refractivity contribution in [3.8, 4) is 0 Å². The van der Waals surface area contributed by atoms with Gasteiger partial charge in [0, 0.05) is 37.1 Å². The molecule has 5 heteroatoms. The van der Waals surface area contributed by atoms with Crippen LogP contribution in [0.1, 0.15) is 24.8 Å². The van der Waals surface area contributed by atoms with Crippen LogP contribution in [0.25, 0.3) is 0 Å². The smallest absolute Gasteiger partial charge is 0.182 e. The van der Waals surface area contributed by atoms with Crippen LogP contribution in [0.4, 0.5) is 5.13 Å². The monoisotopic (exact) mass is 357 g/mol. The fourth-order valence-corrected chi connectivity index (χ4v) is 4.75. The van der Waals surface area contributed by atoms with E-state index in [1.165, 1.54) is 31.4 Å². The van der Waals surface area contributed by atoms with Crippen LogP contribution in [0.5, 0.6) is 0 Å². The Labute approximate surface area is 154 Å². The molecule has 134 valence electrons. The highest BCUT2D eigenvalue weighted by Gasteiger charge is 2.43. The molecule has 1 aromatic carbocycles. The Kier molecular flexibility index (Phi) is 5.34. The predicted octanol–water partition coefficient (Wildman–Crippen LogP) is 3.67. The lowest BCUT2D eigenvalue weighted by Crippen LogP contribution is -2.48. The van der Waals surface area contributed by atoms with E-state index >= 15 is 0 Å². The molecule has 4 rings (SSSR count). The van der Waals surface area contributed by atoms with Crippen molar-refractivity contribution in [1.82, 2.24) is 9.88 Å². The molecule has 1 N–H and O–H groups in total. The van der Waals surface area contributed by atoms with Crippen LogP contribution in [0.2, 0.25) is 0 Å². The third-order valence-corrected chi connectivity index (χ3v) is 6.17. The van der Waals surface area contributed by atoms with E-state index in [9.17, 15) is 0 Å². The van der Waals surface area contributed by atoms with Crippen molar-refractivity contribution in [1.29, 1.82) is 0 Å². The Balaban J connectivity index is 1.27. The van der Waals surface area contributed by atoms with Crippen LogP contribution in [0.3, 0.4) is 0 Å². The standard InChI is InChI=1S/C20H27N3OS/c1-2-5-17(6-3-1)7-11-23-10-4-8-20(16-23)13-18(15-24-20)14-22-19-21-9-12-25-19/h1-3,5-6,9,12,18H,4,7-8,10-11,13-16H2,(H,21,22)/t18-,20-/m1/s1. The molecule has 2 aliphatic heterocycles. The van der Waals surface area contributed by atoms with E-state index < -0.39 is 0 Å². The minimum atomic E-state index is 0.0875. The van der Waals surface area contributed by atoms with E-state index in [1.807, 2.05) is 11.6 Å². The topological polar surface area (TPSA) is 37.4 Å². The number of ether oxygens (including phenoxy) is 1. The Morgan fingerprint density at radius 1 is 1.32 bits per heavy atom. The van der Waals surface area contributed by atoms with Crippen LogP contribution in [-0.4, -0.2) is 48.3 Å². The second-order valence-corrected chi connectivity index (χ2v) is 8.29. The lowest BCUT2D eigenvalue weighted by molar-refractivity contribution is -0.0511. The fraction of sp³-hybridized carbons (Fsp3) is 0.550. The molecule has 0 amide bonds. The summed E-state index contributed by atoms with van der Waals surface area (Å²) in [6, 6.07) is 10.8. The fourth-order valence-electron chi connectivity index (χ4n) is 4.21. The van der Waals surface area contributed by atoms with Gasteiger partial charge in [-0.15, -0.1) is 11.3 Å². The van der Waals surface area contributed by atoms with Gasteiger partial charge in [-0.1, -0.05) is 30.3 Å². The Morgan fingerprint density at radius 2 is 2.24 bits per heavy atom. The summed E-state index contributed by atoms with van der Waals surface area (Å²) in [6.45, 7) is 5.29. The molecule has 2 saturated heterocycles. The minimum absolute atomic E-state index is 0.0875. The zero-order valence-corrected chi connectivity index (χ0v) is 15.5. The van der Waals surface area contributed by atoms with Gasteiger partial charge in [-0.25, -0.2) is 4.98 Å². The third-order valence-electron chi connectivity index (χ3n) is 5.44. The molecule has 1 spiro atoms. The number of nitrogens with one attached hydrogen (secondary N) is 1. The van der Waals surface area contributed by atoms with Gasteiger partial charge < -0.3 is 15.0 Å². The molecule has 2 atom stereocenters. The first-order valence-electron chi connectivity index (χ1n) is 9.35. The molecule has 3 heterocycles. The maximum Gasteiger partial charge on any atom is 0.182 e. The second kappa shape index (κ2) is 7.85. The number of hydrogen-bond donors (Lipinski definition) is 1. The van der Waals surface area contributed by atoms with Gasteiger partial charge in [-0.2, -0.15) is 0 Å². The second-order valence-electron chi connectivity index (χ2n) is 7.40. The van der Waals surface area contributed by atoms with Gasteiger partial charge in [-0.3, -0.25) is 0 Å². The number of benzene rings is 1. The van der Waals surface area contributed by atoms with Crippen molar-refractivity contribution in [2.45, 2.75) is 31.3 Å². The first kappa shape index (κ1) is 17.0. The Morgan fingerprint density at radius 3 is 3.08 bits per heavy atom. The summed E-state index contributed by atoms with van der Waals surface area (Å²) in [7, 11) is 0. The highest BCUT2D eigenvalue weighted by atomic mass is 32.1. The van der Waals surface area contributed by atoms with E-state index in [1.54, 1.807) is 11.3 Å². The van der Waals surface area contributed by atoms with Crippen molar-refractivity contribution in [3.05, 3.63) is 47.5 Å². The number of rotatable bonds is 6. The van der Waals surface area contributed by atoms with Gasteiger partial charge in [0.2, 0.25) is 0 Å². The maximum atomic E-state index is 6.35. The number of aromatic nitrogens is 1. The van der Waals surface area contributed by atoms with Gasteiger partial charge in [0.15, 0.2) is 5.13 Å². The summed E-state index contributed by atoms with van der Waals surface area (Å²) in [5.41, 5.74) is 1.52. The number of nitrogens with zero attached hydrogens (tertiary/aromatic N) is 2. The van der Waals surface area contributed by atoms with Crippen LogP contribution < -0.4 is 5.32 Å². The van der Waals surface area contributed by atoms with Crippen molar-refractivity contribution >= 4 is 16.5 Å². The molecule has 2 fully saturated rings. The van der Waals surface area contributed by atoms with E-state index in [0.29, 0.717) is 5.92 Å². The molecule has 1 aromatic heterocycles. The van der Waals surface area contributed by atoms with Crippen molar-refractivity contribution < 1.29 is 4.74 Å². The van der Waals surface area contributed by atoms with E-state index in [-0.39, 0.29) is 5.60 Å². The molecule has 4 nitrogen and oxygen atoms in total. The SMILES string of the molecule is c1ccc(CCN2CCC[C@@]3(C[C@H](CNc4nccs4)CO3)C2)cc1. The molecule has 2 aliphatic rings. The first-order valence-corrected chi connectivity index (χ1v) is 10.2. The Hall–Kier alpha value is -1.43. The first-order chi connectivity index (χ1) is 12.3. The molecular formula is C20H27N3OS. The predicted molar refractivity (Wildman–Crippen MR) is 103 cm³/mol. The molecule has 25 heavy (non-hydrogen) atoms. The average molecular weight is 358 g/mol. The van der Waals surface area contributed by atoms with E-state index in [2.05, 4.69) is 45.5 Å². The summed E-state index contributed by atoms with van der Waals surface area (Å²) in [5.74, 6) is 0.595. The van der Waals surface area contributed by atoms with Gasteiger partial charge >= 0.3 is 0 Å². The molecule has 0 saturated carbocycles. The molecule has 0 unspecified atom stereocenters. The number of piperidine rings is 1. The number of likely N-dealkylation sites (tertiary alicyclic amines) is 1. The summed E-state index contributed by atoms with van der Waals surface area (Å²) < 4.78 is 6.35. The molecule has 0 radical (unpaired) electrons.